The van der Waals surface area contributed by atoms with E-state index in [-0.39, 0.29) is 31.1 Å². The Morgan fingerprint density at radius 1 is 1.08 bits per heavy atom. The third-order valence-corrected chi connectivity index (χ3v) is 8.76. The van der Waals surface area contributed by atoms with E-state index in [0.29, 0.717) is 18.8 Å². The number of carbonyl (C=O) groups is 1. The van der Waals surface area contributed by atoms with Gasteiger partial charge in [-0.1, -0.05) is 30.3 Å². The SMILES string of the molecule is CCOC(=O)C1(C)C=NC(NC2(c3ccccc3)CCN(S(=O)(=O)c3ccc(C(F)(F)F)cc3)CC2)=NC1. The molecule has 1 unspecified atom stereocenters. The van der Waals surface area contributed by atoms with Crippen LogP contribution in [0.1, 0.15) is 37.8 Å². The van der Waals surface area contributed by atoms with Gasteiger partial charge in [0.2, 0.25) is 16.0 Å². The van der Waals surface area contributed by atoms with Crippen LogP contribution in [0.2, 0.25) is 0 Å². The Balaban J connectivity index is 1.53. The van der Waals surface area contributed by atoms with Gasteiger partial charge in [0, 0.05) is 19.3 Å². The van der Waals surface area contributed by atoms with Crippen LogP contribution >= 0.6 is 0 Å². The van der Waals surface area contributed by atoms with Gasteiger partial charge in [-0.05, 0) is 56.5 Å². The average Bonchev–Trinajstić information content (AvgIpc) is 2.90. The predicted molar refractivity (Wildman–Crippen MR) is 136 cm³/mol. The highest BCUT2D eigenvalue weighted by Gasteiger charge is 2.42. The molecule has 1 fully saturated rings. The minimum atomic E-state index is -4.55. The van der Waals surface area contributed by atoms with Crippen LogP contribution in [0, 0.1) is 5.41 Å². The minimum Gasteiger partial charge on any atom is -0.465 e. The summed E-state index contributed by atoms with van der Waals surface area (Å²) in [6.45, 7) is 4.08. The molecule has 0 amide bonds. The van der Waals surface area contributed by atoms with E-state index in [0.717, 1.165) is 29.8 Å². The average molecular weight is 551 g/mol. The van der Waals surface area contributed by atoms with Crippen molar-refractivity contribution in [3.63, 3.8) is 0 Å². The molecule has 2 aromatic carbocycles. The van der Waals surface area contributed by atoms with Crippen molar-refractivity contribution in [1.29, 1.82) is 0 Å². The van der Waals surface area contributed by atoms with Gasteiger partial charge in [0.15, 0.2) is 0 Å². The fourth-order valence-corrected chi connectivity index (χ4v) is 5.98. The summed E-state index contributed by atoms with van der Waals surface area (Å²) in [4.78, 5) is 21.0. The Kier molecular flexibility index (Phi) is 7.67. The number of halogens is 3. The summed E-state index contributed by atoms with van der Waals surface area (Å²) >= 11 is 0. The molecule has 0 aromatic heterocycles. The van der Waals surface area contributed by atoms with E-state index < -0.39 is 38.7 Å². The van der Waals surface area contributed by atoms with Crippen LogP contribution in [0.3, 0.4) is 0 Å². The number of hydrogen-bond donors (Lipinski definition) is 1. The van der Waals surface area contributed by atoms with Crippen LogP contribution in [0.15, 0.2) is 69.5 Å². The molecular weight excluding hydrogens is 521 g/mol. The van der Waals surface area contributed by atoms with Gasteiger partial charge in [0.05, 0.1) is 29.1 Å². The zero-order valence-corrected chi connectivity index (χ0v) is 21.8. The number of guanidine groups is 1. The van der Waals surface area contributed by atoms with Crippen molar-refractivity contribution >= 4 is 28.2 Å². The summed E-state index contributed by atoms with van der Waals surface area (Å²) in [5, 5.41) is 3.39. The molecule has 0 saturated carbocycles. The maximum Gasteiger partial charge on any atom is 0.416 e. The molecule has 0 aliphatic carbocycles. The van der Waals surface area contributed by atoms with Gasteiger partial charge in [-0.25, -0.2) is 18.4 Å². The van der Waals surface area contributed by atoms with Crippen molar-refractivity contribution < 1.29 is 31.1 Å². The van der Waals surface area contributed by atoms with Crippen LogP contribution in [-0.4, -0.2) is 57.1 Å². The number of benzene rings is 2. The number of rotatable bonds is 6. The Labute approximate surface area is 219 Å². The third-order valence-electron chi connectivity index (χ3n) is 6.84. The maximum absolute atomic E-state index is 13.2. The first-order chi connectivity index (χ1) is 17.9. The molecule has 38 heavy (non-hydrogen) atoms. The molecule has 1 saturated heterocycles. The summed E-state index contributed by atoms with van der Waals surface area (Å²) in [7, 11) is -3.99. The molecule has 0 bridgehead atoms. The number of hydrogen-bond acceptors (Lipinski definition) is 7. The molecule has 12 heteroatoms. The molecule has 2 heterocycles. The van der Waals surface area contributed by atoms with Crippen molar-refractivity contribution in [3.05, 3.63) is 65.7 Å². The number of nitrogens with zero attached hydrogens (tertiary/aromatic N) is 3. The van der Waals surface area contributed by atoms with E-state index in [1.54, 1.807) is 13.8 Å². The van der Waals surface area contributed by atoms with Crippen molar-refractivity contribution in [3.8, 4) is 0 Å². The van der Waals surface area contributed by atoms with Crippen LogP contribution in [0.4, 0.5) is 13.2 Å². The molecule has 0 radical (unpaired) electrons. The fourth-order valence-electron chi connectivity index (χ4n) is 4.54. The number of esters is 1. The molecule has 204 valence electrons. The molecule has 0 spiro atoms. The lowest BCUT2D eigenvalue weighted by Gasteiger charge is -2.43. The summed E-state index contributed by atoms with van der Waals surface area (Å²) in [6, 6.07) is 13.0. The zero-order chi connectivity index (χ0) is 27.6. The number of aliphatic imine (C=N–C) groups is 2. The highest BCUT2D eigenvalue weighted by Crippen LogP contribution is 2.36. The second kappa shape index (κ2) is 10.5. The normalized spacial score (nSPS) is 22.0. The Morgan fingerprint density at radius 2 is 1.71 bits per heavy atom. The highest BCUT2D eigenvalue weighted by molar-refractivity contribution is 7.89. The van der Waals surface area contributed by atoms with E-state index in [1.807, 2.05) is 30.3 Å². The molecule has 2 aliphatic rings. The second-order valence-corrected chi connectivity index (χ2v) is 11.5. The topological polar surface area (TPSA) is 100 Å². The fraction of sp³-hybridized carbons (Fsp3) is 0.423. The summed E-state index contributed by atoms with van der Waals surface area (Å²) in [5.41, 5.74) is -1.65. The molecule has 2 aromatic rings. The van der Waals surface area contributed by atoms with Crippen molar-refractivity contribution in [2.45, 2.75) is 43.3 Å². The molecule has 1 N–H and O–H groups in total. The number of nitrogens with one attached hydrogen (secondary N) is 1. The van der Waals surface area contributed by atoms with Gasteiger partial charge in [-0.3, -0.25) is 4.79 Å². The molecule has 8 nitrogen and oxygen atoms in total. The number of piperidine rings is 1. The number of sulfonamides is 1. The van der Waals surface area contributed by atoms with Crippen molar-refractivity contribution in [2.24, 2.45) is 15.4 Å². The zero-order valence-electron chi connectivity index (χ0n) is 21.0. The lowest BCUT2D eigenvalue weighted by Crippen LogP contribution is -2.54. The summed E-state index contributed by atoms with van der Waals surface area (Å²) in [5.74, 6) is -0.0826. The molecule has 1 atom stereocenters. The number of ether oxygens (including phenoxy) is 1. The Hall–Kier alpha value is -3.25. The monoisotopic (exact) mass is 550 g/mol. The van der Waals surface area contributed by atoms with Gasteiger partial charge in [0.25, 0.3) is 0 Å². The van der Waals surface area contributed by atoms with E-state index in [2.05, 4.69) is 15.3 Å². The second-order valence-electron chi connectivity index (χ2n) is 9.54. The number of alkyl halides is 3. The maximum atomic E-state index is 13.2. The van der Waals surface area contributed by atoms with Crippen LogP contribution in [0.25, 0.3) is 0 Å². The highest BCUT2D eigenvalue weighted by atomic mass is 32.2. The smallest absolute Gasteiger partial charge is 0.416 e. The van der Waals surface area contributed by atoms with Crippen LogP contribution in [0.5, 0.6) is 0 Å². The predicted octanol–water partition coefficient (Wildman–Crippen LogP) is 3.98. The van der Waals surface area contributed by atoms with Gasteiger partial charge in [-0.2, -0.15) is 17.5 Å². The van der Waals surface area contributed by atoms with E-state index in [4.69, 9.17) is 4.74 Å². The molecule has 2 aliphatic heterocycles. The summed E-state index contributed by atoms with van der Waals surface area (Å²) in [6.07, 6.45) is -2.31. The standard InChI is InChI=1S/C26H29F3N4O4S/c1-3-37-22(34)24(2)17-30-23(31-18-24)32-25(19-7-5-4-6-8-19)13-15-33(16-14-25)38(35,36)21-11-9-20(10-12-21)26(27,28)29/h4-12,17H,3,13-16,18H2,1-2H3,(H,31,32). The Bertz CT molecular complexity index is 1320. The van der Waals surface area contributed by atoms with Crippen molar-refractivity contribution in [1.82, 2.24) is 9.62 Å². The lowest BCUT2D eigenvalue weighted by atomic mass is 9.81. The van der Waals surface area contributed by atoms with Crippen LogP contribution < -0.4 is 5.32 Å². The van der Waals surface area contributed by atoms with E-state index in [1.165, 1.54) is 10.5 Å². The first kappa shape index (κ1) is 27.8. The largest absolute Gasteiger partial charge is 0.465 e. The van der Waals surface area contributed by atoms with Crippen LogP contribution in [-0.2, 0) is 31.3 Å². The van der Waals surface area contributed by atoms with Gasteiger partial charge < -0.3 is 10.1 Å². The van der Waals surface area contributed by atoms with Crippen molar-refractivity contribution in [2.75, 3.05) is 26.2 Å². The summed E-state index contributed by atoms with van der Waals surface area (Å²) < 4.78 is 71.6. The minimum absolute atomic E-state index is 0.128. The molecular formula is C26H29F3N4O4S. The first-order valence-electron chi connectivity index (χ1n) is 12.2. The Morgan fingerprint density at radius 3 is 2.24 bits per heavy atom. The van der Waals surface area contributed by atoms with Gasteiger partial charge in [-0.15, -0.1) is 0 Å². The van der Waals surface area contributed by atoms with Gasteiger partial charge >= 0.3 is 12.1 Å². The lowest BCUT2D eigenvalue weighted by molar-refractivity contribution is -0.149. The third kappa shape index (κ3) is 5.60. The van der Waals surface area contributed by atoms with E-state index >= 15 is 0 Å². The number of carbonyl (C=O) groups excluding carboxylic acids is 1. The molecule has 4 rings (SSSR count). The quantitative estimate of drug-likeness (QED) is 0.549. The van der Waals surface area contributed by atoms with E-state index in [9.17, 15) is 26.4 Å². The van der Waals surface area contributed by atoms with Gasteiger partial charge in [0.1, 0.15) is 5.41 Å². The first-order valence-corrected chi connectivity index (χ1v) is 13.6.